The number of carbonyl (C=O) groups is 1. The summed E-state index contributed by atoms with van der Waals surface area (Å²) in [5.74, 6) is 1.14. The molecule has 3 aliphatic heterocycles. The molecule has 3 heterocycles. The van der Waals surface area contributed by atoms with E-state index in [1.54, 1.807) is 0 Å². The van der Waals surface area contributed by atoms with E-state index in [-0.39, 0.29) is 0 Å². The summed E-state index contributed by atoms with van der Waals surface area (Å²) in [6.45, 7) is 17.6. The lowest BCUT2D eigenvalue weighted by Gasteiger charge is -2.40. The molecule has 29 heavy (non-hydrogen) atoms. The number of rotatable bonds is 7. The predicted molar refractivity (Wildman–Crippen MR) is 118 cm³/mol. The topological polar surface area (TPSA) is 48.1 Å². The minimum atomic E-state index is 0.355. The van der Waals surface area contributed by atoms with Crippen LogP contribution in [0.1, 0.15) is 52.9 Å². The van der Waals surface area contributed by atoms with Crippen LogP contribution in [0.15, 0.2) is 0 Å². The summed E-state index contributed by atoms with van der Waals surface area (Å²) in [5, 5.41) is 3.45. The molecule has 0 aromatic carbocycles. The van der Waals surface area contributed by atoms with Gasteiger partial charge in [0, 0.05) is 32.2 Å². The first kappa shape index (κ1) is 23.0. The number of amides is 1. The molecular weight excluding hydrogens is 364 g/mol. The van der Waals surface area contributed by atoms with Crippen molar-refractivity contribution in [2.75, 3.05) is 72.1 Å². The van der Waals surface area contributed by atoms with Crippen molar-refractivity contribution in [3.05, 3.63) is 0 Å². The largest absolute Gasteiger partial charge is 0.379 e. The van der Waals surface area contributed by atoms with Crippen LogP contribution in [-0.2, 0) is 9.53 Å². The number of hydrogen-bond donors (Lipinski definition) is 1. The van der Waals surface area contributed by atoms with E-state index in [9.17, 15) is 4.79 Å². The first-order valence-corrected chi connectivity index (χ1v) is 12.0. The number of nitrogens with one attached hydrogen (secondary N) is 1. The molecule has 6 heteroatoms. The summed E-state index contributed by atoms with van der Waals surface area (Å²) < 4.78 is 5.45. The van der Waals surface area contributed by atoms with Gasteiger partial charge < -0.3 is 15.0 Å². The SMILES string of the molecule is CC(C)(C)C1CCN(CC(=O)N(CCCN2CCOCC2)C2CCNCC2)CC1. The molecule has 0 aromatic rings. The molecule has 1 N–H and O–H groups in total. The van der Waals surface area contributed by atoms with Crippen molar-refractivity contribution in [2.45, 2.75) is 58.9 Å². The van der Waals surface area contributed by atoms with Crippen LogP contribution in [0.5, 0.6) is 0 Å². The number of likely N-dealkylation sites (tertiary alicyclic amines) is 1. The van der Waals surface area contributed by atoms with Gasteiger partial charge in [-0.15, -0.1) is 0 Å². The molecule has 3 rings (SSSR count). The molecule has 0 unspecified atom stereocenters. The molecule has 3 saturated heterocycles. The Morgan fingerprint density at radius 1 is 1.00 bits per heavy atom. The van der Waals surface area contributed by atoms with E-state index in [4.69, 9.17) is 4.74 Å². The number of nitrogens with zero attached hydrogens (tertiary/aromatic N) is 3. The average molecular weight is 409 g/mol. The Kier molecular flexibility index (Phi) is 8.78. The van der Waals surface area contributed by atoms with Crippen molar-refractivity contribution in [3.8, 4) is 0 Å². The second-order valence-electron chi connectivity index (χ2n) is 10.3. The van der Waals surface area contributed by atoms with Gasteiger partial charge in [-0.1, -0.05) is 20.8 Å². The second kappa shape index (κ2) is 11.1. The molecule has 0 spiro atoms. The van der Waals surface area contributed by atoms with Gasteiger partial charge in [-0.2, -0.15) is 0 Å². The average Bonchev–Trinajstić information content (AvgIpc) is 2.72. The van der Waals surface area contributed by atoms with E-state index in [0.717, 1.165) is 90.8 Å². The van der Waals surface area contributed by atoms with Crippen molar-refractivity contribution in [3.63, 3.8) is 0 Å². The Morgan fingerprint density at radius 3 is 2.28 bits per heavy atom. The summed E-state index contributed by atoms with van der Waals surface area (Å²) >= 11 is 0. The molecule has 0 atom stereocenters. The first-order chi connectivity index (χ1) is 13.9. The lowest BCUT2D eigenvalue weighted by Crippen LogP contribution is -2.51. The van der Waals surface area contributed by atoms with Crippen molar-refractivity contribution >= 4 is 5.91 Å². The Hall–Kier alpha value is -0.690. The fourth-order valence-electron chi connectivity index (χ4n) is 5.16. The maximum Gasteiger partial charge on any atom is 0.236 e. The molecule has 0 radical (unpaired) electrons. The Bertz CT molecular complexity index is 488. The maximum absolute atomic E-state index is 13.3. The third kappa shape index (κ3) is 7.20. The van der Waals surface area contributed by atoms with Crippen molar-refractivity contribution < 1.29 is 9.53 Å². The van der Waals surface area contributed by atoms with Gasteiger partial charge in [0.1, 0.15) is 0 Å². The van der Waals surface area contributed by atoms with Crippen molar-refractivity contribution in [1.29, 1.82) is 0 Å². The van der Waals surface area contributed by atoms with Crippen molar-refractivity contribution in [2.24, 2.45) is 11.3 Å². The van der Waals surface area contributed by atoms with Crippen LogP contribution in [-0.4, -0.2) is 98.8 Å². The van der Waals surface area contributed by atoms with Gasteiger partial charge in [0.05, 0.1) is 19.8 Å². The first-order valence-electron chi connectivity index (χ1n) is 12.0. The van der Waals surface area contributed by atoms with E-state index >= 15 is 0 Å². The zero-order valence-corrected chi connectivity index (χ0v) is 19.1. The summed E-state index contributed by atoms with van der Waals surface area (Å²) in [6.07, 6.45) is 5.70. The minimum Gasteiger partial charge on any atom is -0.379 e. The fraction of sp³-hybridized carbons (Fsp3) is 0.957. The van der Waals surface area contributed by atoms with E-state index in [1.807, 2.05) is 0 Å². The van der Waals surface area contributed by atoms with Gasteiger partial charge in [0.25, 0.3) is 0 Å². The number of morpholine rings is 1. The maximum atomic E-state index is 13.3. The third-order valence-corrected chi connectivity index (χ3v) is 7.22. The molecule has 6 nitrogen and oxygen atoms in total. The molecule has 0 bridgehead atoms. The highest BCUT2D eigenvalue weighted by Crippen LogP contribution is 2.34. The normalized spacial score (nSPS) is 24.0. The molecule has 0 aliphatic carbocycles. The monoisotopic (exact) mass is 408 g/mol. The van der Waals surface area contributed by atoms with Crippen LogP contribution in [0.4, 0.5) is 0 Å². The lowest BCUT2D eigenvalue weighted by molar-refractivity contribution is -0.136. The minimum absolute atomic E-state index is 0.355. The molecule has 1 amide bonds. The highest BCUT2D eigenvalue weighted by molar-refractivity contribution is 5.78. The molecule has 168 valence electrons. The molecular formula is C23H44N4O2. The standard InChI is InChI=1S/C23H44N4O2/c1-23(2,3)20-7-13-26(14-8-20)19-22(28)27(21-5-9-24-10-6-21)12-4-11-25-15-17-29-18-16-25/h20-21,24H,4-19H2,1-3H3. The molecule has 0 aromatic heterocycles. The van der Waals surface area contributed by atoms with Gasteiger partial charge in [-0.25, -0.2) is 0 Å². The van der Waals surface area contributed by atoms with Crippen molar-refractivity contribution in [1.82, 2.24) is 20.0 Å². The van der Waals surface area contributed by atoms with Crippen LogP contribution in [0.25, 0.3) is 0 Å². The highest BCUT2D eigenvalue weighted by Gasteiger charge is 2.31. The third-order valence-electron chi connectivity index (χ3n) is 7.22. The van der Waals surface area contributed by atoms with Gasteiger partial charge in [-0.05, 0) is 69.6 Å². The summed E-state index contributed by atoms with van der Waals surface area (Å²) in [5.41, 5.74) is 0.386. The fourth-order valence-corrected chi connectivity index (χ4v) is 5.16. The number of piperidine rings is 2. The number of carbonyl (C=O) groups excluding carboxylic acids is 1. The molecule has 0 saturated carbocycles. The Balaban J connectivity index is 1.49. The quantitative estimate of drug-likeness (QED) is 0.699. The molecule has 3 aliphatic rings. The van der Waals surface area contributed by atoms with E-state index < -0.39 is 0 Å². The lowest BCUT2D eigenvalue weighted by atomic mass is 9.75. The Morgan fingerprint density at radius 2 is 1.66 bits per heavy atom. The smallest absolute Gasteiger partial charge is 0.236 e. The van der Waals surface area contributed by atoms with Crippen LogP contribution >= 0.6 is 0 Å². The Labute approximate surface area is 178 Å². The van der Waals surface area contributed by atoms with Gasteiger partial charge in [-0.3, -0.25) is 14.6 Å². The van der Waals surface area contributed by atoms with Crippen LogP contribution in [0, 0.1) is 11.3 Å². The summed E-state index contributed by atoms with van der Waals surface area (Å²) in [4.78, 5) is 20.4. The zero-order valence-electron chi connectivity index (χ0n) is 19.1. The van der Waals surface area contributed by atoms with Gasteiger partial charge in [0.2, 0.25) is 5.91 Å². The zero-order chi connectivity index (χ0) is 20.7. The summed E-state index contributed by atoms with van der Waals surface area (Å²) in [6, 6.07) is 0.417. The van der Waals surface area contributed by atoms with Crippen LogP contribution in [0.2, 0.25) is 0 Å². The molecule has 3 fully saturated rings. The predicted octanol–water partition coefficient (Wildman–Crippen LogP) is 2.05. The van der Waals surface area contributed by atoms with E-state index in [0.29, 0.717) is 23.9 Å². The van der Waals surface area contributed by atoms with Gasteiger partial charge in [0.15, 0.2) is 0 Å². The van der Waals surface area contributed by atoms with Gasteiger partial charge >= 0.3 is 0 Å². The second-order valence-corrected chi connectivity index (χ2v) is 10.3. The van der Waals surface area contributed by atoms with E-state index in [2.05, 4.69) is 40.8 Å². The number of ether oxygens (including phenoxy) is 1. The van der Waals surface area contributed by atoms with Crippen LogP contribution < -0.4 is 5.32 Å². The summed E-state index contributed by atoms with van der Waals surface area (Å²) in [7, 11) is 0. The van der Waals surface area contributed by atoms with Crippen LogP contribution in [0.3, 0.4) is 0 Å². The van der Waals surface area contributed by atoms with E-state index in [1.165, 1.54) is 12.8 Å². The number of hydrogen-bond acceptors (Lipinski definition) is 5. The highest BCUT2D eigenvalue weighted by atomic mass is 16.5.